The lowest BCUT2D eigenvalue weighted by Gasteiger charge is -2.04. The van der Waals surface area contributed by atoms with Crippen molar-refractivity contribution in [3.05, 3.63) is 42.0 Å². The van der Waals surface area contributed by atoms with Crippen LogP contribution in [0.2, 0.25) is 0 Å². The van der Waals surface area contributed by atoms with Crippen molar-refractivity contribution in [2.75, 3.05) is 0 Å². The van der Waals surface area contributed by atoms with Crippen molar-refractivity contribution >= 4 is 5.97 Å². The first kappa shape index (κ1) is 9.74. The van der Waals surface area contributed by atoms with Crippen molar-refractivity contribution in [1.29, 1.82) is 0 Å². The van der Waals surface area contributed by atoms with Crippen LogP contribution in [0.4, 0.5) is 0 Å². The van der Waals surface area contributed by atoms with Crippen molar-refractivity contribution in [3.63, 3.8) is 0 Å². The summed E-state index contributed by atoms with van der Waals surface area (Å²) >= 11 is 0. The van der Waals surface area contributed by atoms with E-state index in [4.69, 9.17) is 0 Å². The Hall–Kier alpha value is -1.35. The van der Waals surface area contributed by atoms with E-state index in [0.717, 1.165) is 11.1 Å². The predicted octanol–water partition coefficient (Wildman–Crippen LogP) is 2.18. The van der Waals surface area contributed by atoms with Gasteiger partial charge < -0.3 is 0 Å². The summed E-state index contributed by atoms with van der Waals surface area (Å²) < 4.78 is 0. The van der Waals surface area contributed by atoms with Gasteiger partial charge in [-0.25, -0.2) is 4.79 Å². The number of hydrogen-bond donors (Lipinski definition) is 0. The van der Waals surface area contributed by atoms with Crippen LogP contribution in [0, 0.1) is 21.0 Å². The smallest absolute Gasteiger partial charge is 0.293 e. The van der Waals surface area contributed by atoms with Crippen LogP contribution in [-0.4, -0.2) is 5.97 Å². The quantitative estimate of drug-likeness (QED) is 0.515. The first-order chi connectivity index (χ1) is 6.15. The van der Waals surface area contributed by atoms with Crippen molar-refractivity contribution in [1.82, 2.24) is 0 Å². The summed E-state index contributed by atoms with van der Waals surface area (Å²) in [4.78, 5) is 19.6. The highest BCUT2D eigenvalue weighted by Crippen LogP contribution is 2.11. The van der Waals surface area contributed by atoms with E-state index in [2.05, 4.69) is 16.9 Å². The van der Waals surface area contributed by atoms with Gasteiger partial charge in [0.25, 0.3) is 0 Å². The molecule has 1 aromatic carbocycles. The molecule has 0 aliphatic heterocycles. The van der Waals surface area contributed by atoms with E-state index in [1.807, 2.05) is 26.0 Å². The van der Waals surface area contributed by atoms with Gasteiger partial charge in [0.05, 0.1) is 5.56 Å². The maximum Gasteiger partial charge on any atom is 0.373 e. The molecule has 0 saturated heterocycles. The highest BCUT2D eigenvalue weighted by atomic mass is 17.2. The average Bonchev–Trinajstić information content (AvgIpc) is 2.09. The third-order valence-corrected chi connectivity index (χ3v) is 1.75. The zero-order valence-electron chi connectivity index (χ0n) is 7.66. The van der Waals surface area contributed by atoms with E-state index in [1.165, 1.54) is 0 Å². The summed E-state index contributed by atoms with van der Waals surface area (Å²) in [5.41, 5.74) is 2.36. The van der Waals surface area contributed by atoms with Crippen molar-refractivity contribution in [2.45, 2.75) is 13.8 Å². The Morgan fingerprint density at radius 1 is 1.38 bits per heavy atom. The second kappa shape index (κ2) is 4.05. The molecular formula is C10H11O3. The molecule has 0 aromatic heterocycles. The Morgan fingerprint density at radius 3 is 2.69 bits per heavy atom. The van der Waals surface area contributed by atoms with E-state index >= 15 is 0 Å². The van der Waals surface area contributed by atoms with Gasteiger partial charge in [-0.3, -0.25) is 4.89 Å². The molecule has 0 heterocycles. The minimum absolute atomic E-state index is 0.503. The van der Waals surface area contributed by atoms with Gasteiger partial charge in [0.2, 0.25) is 0 Å². The number of carbonyl (C=O) groups excluding carboxylic acids is 1. The summed E-state index contributed by atoms with van der Waals surface area (Å²) in [7, 11) is 2.96. The fourth-order valence-corrected chi connectivity index (χ4v) is 1.05. The molecule has 1 rings (SSSR count). The molecule has 0 fully saturated rings. The van der Waals surface area contributed by atoms with Crippen LogP contribution in [0.15, 0.2) is 18.2 Å². The van der Waals surface area contributed by atoms with Crippen LogP contribution < -0.4 is 0 Å². The number of carbonyl (C=O) groups is 1. The van der Waals surface area contributed by atoms with Crippen LogP contribution >= 0.6 is 0 Å². The van der Waals surface area contributed by atoms with Crippen molar-refractivity contribution in [2.24, 2.45) is 0 Å². The molecule has 0 aliphatic rings. The Bertz CT molecular complexity index is 318. The lowest BCUT2D eigenvalue weighted by molar-refractivity contribution is -0.195. The molecule has 0 unspecified atom stereocenters. The molecule has 0 N–H and O–H groups in total. The van der Waals surface area contributed by atoms with Crippen LogP contribution in [0.25, 0.3) is 0 Å². The fourth-order valence-electron chi connectivity index (χ4n) is 1.05. The molecule has 0 atom stereocenters. The molecule has 3 nitrogen and oxygen atoms in total. The highest BCUT2D eigenvalue weighted by Gasteiger charge is 2.10. The van der Waals surface area contributed by atoms with Gasteiger partial charge >= 0.3 is 5.97 Å². The third-order valence-electron chi connectivity index (χ3n) is 1.75. The van der Waals surface area contributed by atoms with Crippen LogP contribution in [-0.2, 0) is 9.78 Å². The van der Waals surface area contributed by atoms with Gasteiger partial charge in [-0.2, -0.15) is 4.89 Å². The second-order valence-corrected chi connectivity index (χ2v) is 2.81. The maximum atomic E-state index is 11.2. The summed E-state index contributed by atoms with van der Waals surface area (Å²) in [6.45, 7) is 3.74. The highest BCUT2D eigenvalue weighted by molar-refractivity contribution is 5.90. The van der Waals surface area contributed by atoms with Gasteiger partial charge in [0.1, 0.15) is 7.11 Å². The van der Waals surface area contributed by atoms with Crippen LogP contribution in [0.3, 0.4) is 0 Å². The standard InChI is InChI=1S/C10H11O3/c1-7-4-5-8(2)9(6-7)10(11)13-12-3/h4-6H,3H2,1-2H3. The molecule has 0 amide bonds. The Kier molecular flexibility index (Phi) is 3.03. The first-order valence-electron chi connectivity index (χ1n) is 3.85. The van der Waals surface area contributed by atoms with Crippen molar-refractivity contribution < 1.29 is 14.6 Å². The number of hydrogen-bond acceptors (Lipinski definition) is 3. The SMILES string of the molecule is [CH2]OOC(=O)c1cc(C)ccc1C. The van der Waals surface area contributed by atoms with Gasteiger partial charge in [0, 0.05) is 0 Å². The molecule has 1 radical (unpaired) electrons. The minimum atomic E-state index is -0.517. The molecule has 13 heavy (non-hydrogen) atoms. The lowest BCUT2D eigenvalue weighted by Crippen LogP contribution is -2.05. The molecule has 69 valence electrons. The molecule has 3 heteroatoms. The molecule has 0 bridgehead atoms. The average molecular weight is 179 g/mol. The molecule has 1 aromatic rings. The second-order valence-electron chi connectivity index (χ2n) is 2.81. The predicted molar refractivity (Wildman–Crippen MR) is 47.8 cm³/mol. The van der Waals surface area contributed by atoms with Gasteiger partial charge in [0.15, 0.2) is 0 Å². The summed E-state index contributed by atoms with van der Waals surface area (Å²) in [5.74, 6) is -0.517. The van der Waals surface area contributed by atoms with E-state index in [9.17, 15) is 4.79 Å². The van der Waals surface area contributed by atoms with Gasteiger partial charge in [-0.05, 0) is 25.5 Å². The zero-order valence-corrected chi connectivity index (χ0v) is 7.66. The largest absolute Gasteiger partial charge is 0.373 e. The van der Waals surface area contributed by atoms with E-state index < -0.39 is 5.97 Å². The monoisotopic (exact) mass is 179 g/mol. The Morgan fingerprint density at radius 2 is 2.08 bits per heavy atom. The molecule has 0 spiro atoms. The van der Waals surface area contributed by atoms with E-state index in [1.54, 1.807) is 6.07 Å². The molecule has 0 aliphatic carbocycles. The number of benzene rings is 1. The van der Waals surface area contributed by atoms with Gasteiger partial charge in [-0.1, -0.05) is 17.7 Å². The number of rotatable bonds is 2. The van der Waals surface area contributed by atoms with E-state index in [0.29, 0.717) is 5.56 Å². The third kappa shape index (κ3) is 2.29. The van der Waals surface area contributed by atoms with Gasteiger partial charge in [-0.15, -0.1) is 0 Å². The van der Waals surface area contributed by atoms with Crippen LogP contribution in [0.1, 0.15) is 21.5 Å². The lowest BCUT2D eigenvalue weighted by atomic mass is 10.1. The Balaban J connectivity index is 2.99. The topological polar surface area (TPSA) is 35.5 Å². The normalized spacial score (nSPS) is 9.77. The zero-order chi connectivity index (χ0) is 9.84. The van der Waals surface area contributed by atoms with E-state index in [-0.39, 0.29) is 0 Å². The number of aryl methyl sites for hydroxylation is 2. The summed E-state index contributed by atoms with van der Waals surface area (Å²) in [6, 6.07) is 5.53. The summed E-state index contributed by atoms with van der Waals surface area (Å²) in [6.07, 6.45) is 0. The maximum absolute atomic E-state index is 11.2. The first-order valence-corrected chi connectivity index (χ1v) is 3.85. The fraction of sp³-hybridized carbons (Fsp3) is 0.200. The summed E-state index contributed by atoms with van der Waals surface area (Å²) in [5, 5.41) is 0. The Labute approximate surface area is 77.2 Å². The molecular weight excluding hydrogens is 168 g/mol. The molecule has 0 saturated carbocycles. The minimum Gasteiger partial charge on any atom is -0.293 e. The van der Waals surface area contributed by atoms with Crippen molar-refractivity contribution in [3.8, 4) is 0 Å². The van der Waals surface area contributed by atoms with Crippen LogP contribution in [0.5, 0.6) is 0 Å².